The number of para-hydroxylation sites is 1. The molecule has 0 saturated carbocycles. The molecule has 1 atom stereocenters. The van der Waals surface area contributed by atoms with Crippen molar-refractivity contribution >= 4 is 45.0 Å². The molecular weight excluding hydrogens is 417 g/mol. The molecule has 4 N–H and O–H groups in total. The van der Waals surface area contributed by atoms with Gasteiger partial charge in [-0.05, 0) is 37.3 Å². The molecule has 27 heavy (non-hydrogen) atoms. The molecule has 0 aliphatic carbocycles. The van der Waals surface area contributed by atoms with E-state index in [9.17, 15) is 23.1 Å². The van der Waals surface area contributed by atoms with E-state index >= 15 is 0 Å². The quantitative estimate of drug-likeness (QED) is 0.537. The molecule has 0 bridgehead atoms. The molecule has 2 amide bonds. The number of benzene rings is 2. The molecule has 2 aromatic carbocycles. The largest absolute Gasteiger partial charge is 0.507 e. The molecule has 0 radical (unpaired) electrons. The summed E-state index contributed by atoms with van der Waals surface area (Å²) in [6, 6.07) is 8.22. The van der Waals surface area contributed by atoms with Gasteiger partial charge in [-0.15, -0.1) is 0 Å². The first-order chi connectivity index (χ1) is 12.6. The number of carbonyl (C=O) groups excluding carboxylic acids is 2. The fraction of sp³-hybridized carbons (Fsp3) is 0.125. The summed E-state index contributed by atoms with van der Waals surface area (Å²) in [5.74, 6) is -1.85. The van der Waals surface area contributed by atoms with E-state index in [-0.39, 0.29) is 26.3 Å². The summed E-state index contributed by atoms with van der Waals surface area (Å²) >= 11 is 11.6. The standard InChI is InChI=1S/C16H15Cl2N3O5S/c1-9(21-27(25,26)10-6-7-12(17)13(18)8-10)15(23)19-20-16(24)11-4-2-3-5-14(11)22/h2-9,21-22H,1H3,(H,19,23)(H,20,24)/t9-/m0/s1. The smallest absolute Gasteiger partial charge is 0.273 e. The monoisotopic (exact) mass is 431 g/mol. The van der Waals surface area contributed by atoms with E-state index in [0.717, 1.165) is 6.07 Å². The fourth-order valence-electron chi connectivity index (χ4n) is 1.96. The van der Waals surface area contributed by atoms with Crippen molar-refractivity contribution in [3.63, 3.8) is 0 Å². The Morgan fingerprint density at radius 1 is 1.04 bits per heavy atom. The van der Waals surface area contributed by atoms with E-state index in [1.807, 2.05) is 0 Å². The Bertz CT molecular complexity index is 982. The number of nitrogens with one attached hydrogen (secondary N) is 3. The van der Waals surface area contributed by atoms with Crippen LogP contribution in [0.25, 0.3) is 0 Å². The first kappa shape index (κ1) is 21.0. The highest BCUT2D eigenvalue weighted by molar-refractivity contribution is 7.89. The average molecular weight is 432 g/mol. The topological polar surface area (TPSA) is 125 Å². The summed E-state index contributed by atoms with van der Waals surface area (Å²) in [7, 11) is -4.05. The van der Waals surface area contributed by atoms with Gasteiger partial charge >= 0.3 is 0 Å². The summed E-state index contributed by atoms with van der Waals surface area (Å²) < 4.78 is 26.8. The second-order valence-corrected chi connectivity index (χ2v) is 7.91. The number of phenols is 1. The van der Waals surface area contributed by atoms with Gasteiger partial charge in [0.15, 0.2) is 0 Å². The van der Waals surface area contributed by atoms with Crippen molar-refractivity contribution in [3.8, 4) is 5.75 Å². The van der Waals surface area contributed by atoms with Crippen molar-refractivity contribution in [3.05, 3.63) is 58.1 Å². The van der Waals surface area contributed by atoms with E-state index in [0.29, 0.717) is 0 Å². The summed E-state index contributed by atoms with van der Waals surface area (Å²) in [5.41, 5.74) is 4.12. The summed E-state index contributed by atoms with van der Waals surface area (Å²) in [6.45, 7) is 1.29. The maximum atomic E-state index is 12.3. The van der Waals surface area contributed by atoms with E-state index in [2.05, 4.69) is 15.6 Å². The SMILES string of the molecule is C[C@H](NS(=O)(=O)c1ccc(Cl)c(Cl)c1)C(=O)NNC(=O)c1ccccc1O. The van der Waals surface area contributed by atoms with Crippen LogP contribution in [0.4, 0.5) is 0 Å². The van der Waals surface area contributed by atoms with E-state index in [1.54, 1.807) is 0 Å². The zero-order valence-electron chi connectivity index (χ0n) is 13.9. The van der Waals surface area contributed by atoms with Crippen molar-refractivity contribution in [1.29, 1.82) is 0 Å². The number of phenolic OH excluding ortho intramolecular Hbond substituents is 1. The lowest BCUT2D eigenvalue weighted by molar-refractivity contribution is -0.123. The Hall–Kier alpha value is -2.33. The predicted molar refractivity (Wildman–Crippen MR) is 100.0 cm³/mol. The highest BCUT2D eigenvalue weighted by Gasteiger charge is 2.23. The second kappa shape index (κ2) is 8.57. The third-order valence-electron chi connectivity index (χ3n) is 3.37. The minimum absolute atomic E-state index is 0.0478. The highest BCUT2D eigenvalue weighted by Crippen LogP contribution is 2.24. The Kier molecular flexibility index (Phi) is 6.66. The van der Waals surface area contributed by atoms with Gasteiger partial charge in [-0.2, -0.15) is 4.72 Å². The van der Waals surface area contributed by atoms with Gasteiger partial charge in [-0.25, -0.2) is 8.42 Å². The summed E-state index contributed by atoms with van der Waals surface area (Å²) in [5, 5.41) is 9.83. The normalized spacial score (nSPS) is 12.3. The molecular formula is C16H15Cl2N3O5S. The van der Waals surface area contributed by atoms with Crippen molar-refractivity contribution in [2.24, 2.45) is 0 Å². The maximum Gasteiger partial charge on any atom is 0.273 e. The van der Waals surface area contributed by atoms with Crippen LogP contribution in [0.15, 0.2) is 47.4 Å². The molecule has 2 aromatic rings. The number of sulfonamides is 1. The molecule has 0 saturated heterocycles. The fourth-order valence-corrected chi connectivity index (χ4v) is 3.55. The van der Waals surface area contributed by atoms with Gasteiger partial charge in [-0.1, -0.05) is 35.3 Å². The van der Waals surface area contributed by atoms with Crippen molar-refractivity contribution in [1.82, 2.24) is 15.6 Å². The first-order valence-corrected chi connectivity index (χ1v) is 9.71. The first-order valence-electron chi connectivity index (χ1n) is 7.47. The van der Waals surface area contributed by atoms with Crippen LogP contribution < -0.4 is 15.6 Å². The molecule has 144 valence electrons. The van der Waals surface area contributed by atoms with Gasteiger partial charge in [0, 0.05) is 0 Å². The Morgan fingerprint density at radius 3 is 2.33 bits per heavy atom. The van der Waals surface area contributed by atoms with E-state index in [1.165, 1.54) is 43.3 Å². The van der Waals surface area contributed by atoms with Crippen LogP contribution in [0.3, 0.4) is 0 Å². The molecule has 0 aliphatic rings. The van der Waals surface area contributed by atoms with Crippen LogP contribution in [-0.4, -0.2) is 31.4 Å². The van der Waals surface area contributed by atoms with Crippen LogP contribution in [-0.2, 0) is 14.8 Å². The molecule has 11 heteroatoms. The Labute approximate surface area is 165 Å². The lowest BCUT2D eigenvalue weighted by Crippen LogP contribution is -2.51. The number of hydrazine groups is 1. The molecule has 0 aliphatic heterocycles. The highest BCUT2D eigenvalue weighted by atomic mass is 35.5. The molecule has 0 fully saturated rings. The Morgan fingerprint density at radius 2 is 1.70 bits per heavy atom. The lowest BCUT2D eigenvalue weighted by atomic mass is 10.2. The number of amides is 2. The van der Waals surface area contributed by atoms with Gasteiger partial charge < -0.3 is 5.11 Å². The molecule has 0 unspecified atom stereocenters. The van der Waals surface area contributed by atoms with Crippen molar-refractivity contribution in [2.45, 2.75) is 17.9 Å². The van der Waals surface area contributed by atoms with Gasteiger partial charge in [-0.3, -0.25) is 20.4 Å². The van der Waals surface area contributed by atoms with E-state index in [4.69, 9.17) is 23.2 Å². The van der Waals surface area contributed by atoms with Crippen molar-refractivity contribution < 1.29 is 23.1 Å². The summed E-state index contributed by atoms with van der Waals surface area (Å²) in [4.78, 5) is 23.8. The molecule has 0 aromatic heterocycles. The molecule has 0 spiro atoms. The minimum atomic E-state index is -4.05. The Balaban J connectivity index is 1.99. The maximum absolute atomic E-state index is 12.3. The molecule has 0 heterocycles. The third-order valence-corrected chi connectivity index (χ3v) is 5.65. The van der Waals surface area contributed by atoms with Crippen LogP contribution in [0, 0.1) is 0 Å². The van der Waals surface area contributed by atoms with Crippen LogP contribution in [0.5, 0.6) is 5.75 Å². The van der Waals surface area contributed by atoms with Gasteiger partial charge in [0.1, 0.15) is 5.75 Å². The number of hydrogen-bond acceptors (Lipinski definition) is 5. The number of hydrogen-bond donors (Lipinski definition) is 4. The number of halogens is 2. The van der Waals surface area contributed by atoms with Gasteiger partial charge in [0.05, 0.1) is 26.5 Å². The van der Waals surface area contributed by atoms with Crippen LogP contribution in [0.1, 0.15) is 17.3 Å². The lowest BCUT2D eigenvalue weighted by Gasteiger charge is -2.15. The minimum Gasteiger partial charge on any atom is -0.507 e. The zero-order chi connectivity index (χ0) is 20.2. The zero-order valence-corrected chi connectivity index (χ0v) is 16.2. The van der Waals surface area contributed by atoms with Crippen LogP contribution in [0.2, 0.25) is 10.0 Å². The summed E-state index contributed by atoms with van der Waals surface area (Å²) in [6.07, 6.45) is 0. The number of carbonyl (C=O) groups is 2. The second-order valence-electron chi connectivity index (χ2n) is 5.38. The third kappa shape index (κ3) is 5.33. The predicted octanol–water partition coefficient (Wildman–Crippen LogP) is 1.83. The van der Waals surface area contributed by atoms with Gasteiger partial charge in [0.25, 0.3) is 11.8 Å². The number of aromatic hydroxyl groups is 1. The van der Waals surface area contributed by atoms with Crippen molar-refractivity contribution in [2.75, 3.05) is 0 Å². The average Bonchev–Trinajstić information content (AvgIpc) is 2.61. The molecule has 2 rings (SSSR count). The van der Waals surface area contributed by atoms with Crippen LogP contribution >= 0.6 is 23.2 Å². The number of rotatable bonds is 5. The van der Waals surface area contributed by atoms with Gasteiger partial charge in [0.2, 0.25) is 10.0 Å². The van der Waals surface area contributed by atoms with E-state index < -0.39 is 27.9 Å². The molecule has 8 nitrogen and oxygen atoms in total.